The molecule has 1 atom stereocenters. The summed E-state index contributed by atoms with van der Waals surface area (Å²) in [6, 6.07) is 10.4. The number of rotatable bonds is 6. The molecule has 7 nitrogen and oxygen atoms in total. The van der Waals surface area contributed by atoms with Crippen LogP contribution in [0.25, 0.3) is 9.88 Å². The van der Waals surface area contributed by atoms with Crippen molar-refractivity contribution in [1.82, 2.24) is 15.2 Å². The van der Waals surface area contributed by atoms with E-state index in [9.17, 15) is 9.59 Å². The Hall–Kier alpha value is -2.91. The highest BCUT2D eigenvalue weighted by Gasteiger charge is 2.34. The molecule has 3 amide bonds. The molecule has 1 saturated heterocycles. The van der Waals surface area contributed by atoms with Gasteiger partial charge in [0.15, 0.2) is 0 Å². The lowest BCUT2D eigenvalue weighted by molar-refractivity contribution is -0.124. The Balaban J connectivity index is 1.34. The molecule has 156 valence electrons. The van der Waals surface area contributed by atoms with Crippen LogP contribution in [0.3, 0.4) is 0 Å². The Morgan fingerprint density at radius 1 is 1.27 bits per heavy atom. The standard InChI is InChI=1S/C21H22N4O3S2/c1-28-16-6-2-5-14(11-16)24-21(27)25-9-3-7-17(25)19(26)22-12-15-13-30-20(23-15)18-8-4-10-29-18/h2,4-6,8,10-11,13,17H,3,7,9,12H2,1H3,(H,22,26)(H,24,27). The monoisotopic (exact) mass is 442 g/mol. The first-order chi connectivity index (χ1) is 14.6. The second-order valence-electron chi connectivity index (χ2n) is 6.85. The molecule has 1 aromatic carbocycles. The number of ether oxygens (including phenoxy) is 1. The topological polar surface area (TPSA) is 83.6 Å². The van der Waals surface area contributed by atoms with Gasteiger partial charge >= 0.3 is 6.03 Å². The first kappa shape index (κ1) is 20.4. The number of hydrogen-bond acceptors (Lipinski definition) is 6. The van der Waals surface area contributed by atoms with E-state index in [-0.39, 0.29) is 11.9 Å². The molecular weight excluding hydrogens is 420 g/mol. The van der Waals surface area contributed by atoms with Crippen LogP contribution >= 0.6 is 22.7 Å². The maximum Gasteiger partial charge on any atom is 0.322 e. The van der Waals surface area contributed by atoms with Crippen molar-refractivity contribution in [3.05, 3.63) is 52.9 Å². The fourth-order valence-corrected chi connectivity index (χ4v) is 5.01. The van der Waals surface area contributed by atoms with Gasteiger partial charge in [0.05, 0.1) is 24.2 Å². The van der Waals surface area contributed by atoms with Gasteiger partial charge in [0.25, 0.3) is 0 Å². The summed E-state index contributed by atoms with van der Waals surface area (Å²) in [5, 5.41) is 10.7. The van der Waals surface area contributed by atoms with Crippen LogP contribution in [-0.2, 0) is 11.3 Å². The molecule has 0 spiro atoms. The molecule has 3 aromatic rings. The van der Waals surface area contributed by atoms with E-state index in [1.807, 2.05) is 29.0 Å². The number of thiophene rings is 1. The fraction of sp³-hybridized carbons (Fsp3) is 0.286. The number of nitrogens with one attached hydrogen (secondary N) is 2. The molecular formula is C21H22N4O3S2. The molecule has 2 aromatic heterocycles. The first-order valence-electron chi connectivity index (χ1n) is 9.61. The van der Waals surface area contributed by atoms with Crippen molar-refractivity contribution in [1.29, 1.82) is 0 Å². The Bertz CT molecular complexity index is 1020. The van der Waals surface area contributed by atoms with Gasteiger partial charge < -0.3 is 20.3 Å². The van der Waals surface area contributed by atoms with Gasteiger partial charge in [-0.1, -0.05) is 12.1 Å². The van der Waals surface area contributed by atoms with Crippen LogP contribution in [0.4, 0.5) is 10.5 Å². The number of benzene rings is 1. The van der Waals surface area contributed by atoms with E-state index in [2.05, 4.69) is 15.6 Å². The van der Waals surface area contributed by atoms with Gasteiger partial charge in [-0.05, 0) is 36.4 Å². The highest BCUT2D eigenvalue weighted by Crippen LogP contribution is 2.28. The summed E-state index contributed by atoms with van der Waals surface area (Å²) in [4.78, 5) is 32.8. The molecule has 30 heavy (non-hydrogen) atoms. The molecule has 0 aliphatic carbocycles. The third kappa shape index (κ3) is 4.63. The van der Waals surface area contributed by atoms with Crippen LogP contribution in [0, 0.1) is 0 Å². The number of aromatic nitrogens is 1. The number of carbonyl (C=O) groups is 2. The van der Waals surface area contributed by atoms with Crippen LogP contribution in [-0.4, -0.2) is 41.5 Å². The van der Waals surface area contributed by atoms with Gasteiger partial charge in [-0.3, -0.25) is 4.79 Å². The number of amides is 3. The van der Waals surface area contributed by atoms with Crippen LogP contribution in [0.1, 0.15) is 18.5 Å². The lowest BCUT2D eigenvalue weighted by Gasteiger charge is -2.24. The quantitative estimate of drug-likeness (QED) is 0.600. The molecule has 0 saturated carbocycles. The second kappa shape index (κ2) is 9.27. The minimum absolute atomic E-state index is 0.154. The maximum absolute atomic E-state index is 12.7. The number of nitrogens with zero attached hydrogens (tertiary/aromatic N) is 2. The van der Waals surface area contributed by atoms with E-state index in [4.69, 9.17) is 4.74 Å². The summed E-state index contributed by atoms with van der Waals surface area (Å²) in [5.74, 6) is 0.507. The molecule has 3 heterocycles. The van der Waals surface area contributed by atoms with Crippen molar-refractivity contribution in [3.63, 3.8) is 0 Å². The predicted molar refractivity (Wildman–Crippen MR) is 119 cm³/mol. The lowest BCUT2D eigenvalue weighted by atomic mass is 10.2. The summed E-state index contributed by atoms with van der Waals surface area (Å²) in [7, 11) is 1.58. The van der Waals surface area contributed by atoms with Crippen LogP contribution < -0.4 is 15.4 Å². The first-order valence-corrected chi connectivity index (χ1v) is 11.4. The summed E-state index contributed by atoms with van der Waals surface area (Å²) < 4.78 is 5.19. The van der Waals surface area contributed by atoms with Gasteiger partial charge in [-0.25, -0.2) is 9.78 Å². The number of carbonyl (C=O) groups excluding carboxylic acids is 2. The molecule has 1 unspecified atom stereocenters. The van der Waals surface area contributed by atoms with E-state index >= 15 is 0 Å². The third-order valence-corrected chi connectivity index (χ3v) is 6.79. The number of methoxy groups -OCH3 is 1. The van der Waals surface area contributed by atoms with E-state index in [1.54, 1.807) is 52.9 Å². The highest BCUT2D eigenvalue weighted by atomic mass is 32.1. The Kier molecular flexibility index (Phi) is 6.29. The van der Waals surface area contributed by atoms with Crippen molar-refractivity contribution in [3.8, 4) is 15.6 Å². The number of urea groups is 1. The minimum atomic E-state index is -0.481. The molecule has 0 bridgehead atoms. The Labute approximate surface area is 182 Å². The van der Waals surface area contributed by atoms with Crippen molar-refractivity contribution in [2.75, 3.05) is 19.0 Å². The number of anilines is 1. The normalized spacial score (nSPS) is 15.8. The Morgan fingerprint density at radius 2 is 2.17 bits per heavy atom. The molecule has 9 heteroatoms. The average Bonchev–Trinajstić information content (AvgIpc) is 3.53. The maximum atomic E-state index is 12.7. The van der Waals surface area contributed by atoms with E-state index in [1.165, 1.54) is 0 Å². The van der Waals surface area contributed by atoms with Gasteiger partial charge in [0.1, 0.15) is 16.8 Å². The summed E-state index contributed by atoms with van der Waals surface area (Å²) in [6.07, 6.45) is 1.44. The SMILES string of the molecule is COc1cccc(NC(=O)N2CCCC2C(=O)NCc2csc(-c3cccs3)n2)c1. The van der Waals surface area contributed by atoms with Crippen LogP contribution in [0.2, 0.25) is 0 Å². The van der Waals surface area contributed by atoms with Gasteiger partial charge in [0, 0.05) is 23.7 Å². The molecule has 1 fully saturated rings. The van der Waals surface area contributed by atoms with Gasteiger partial charge in [-0.2, -0.15) is 0 Å². The smallest absolute Gasteiger partial charge is 0.322 e. The summed E-state index contributed by atoms with van der Waals surface area (Å²) in [5.41, 5.74) is 1.45. The molecule has 1 aliphatic rings. The van der Waals surface area contributed by atoms with Crippen LogP contribution in [0.5, 0.6) is 5.75 Å². The second-order valence-corrected chi connectivity index (χ2v) is 8.66. The molecule has 2 N–H and O–H groups in total. The zero-order valence-corrected chi connectivity index (χ0v) is 18.1. The number of hydrogen-bond donors (Lipinski definition) is 2. The number of likely N-dealkylation sites (tertiary alicyclic amines) is 1. The fourth-order valence-electron chi connectivity index (χ4n) is 3.38. The molecule has 0 radical (unpaired) electrons. The molecule has 1 aliphatic heterocycles. The summed E-state index contributed by atoms with van der Waals surface area (Å²) >= 11 is 3.21. The minimum Gasteiger partial charge on any atom is -0.497 e. The van der Waals surface area contributed by atoms with Gasteiger partial charge in [0.2, 0.25) is 5.91 Å². The highest BCUT2D eigenvalue weighted by molar-refractivity contribution is 7.20. The average molecular weight is 443 g/mol. The van der Waals surface area contributed by atoms with E-state index < -0.39 is 6.04 Å². The predicted octanol–water partition coefficient (Wildman–Crippen LogP) is 4.19. The summed E-state index contributed by atoms with van der Waals surface area (Å²) in [6.45, 7) is 0.898. The zero-order chi connectivity index (χ0) is 20.9. The van der Waals surface area contributed by atoms with Crippen LogP contribution in [0.15, 0.2) is 47.2 Å². The largest absolute Gasteiger partial charge is 0.497 e. The molecule has 4 rings (SSSR count). The third-order valence-electron chi connectivity index (χ3n) is 4.86. The zero-order valence-electron chi connectivity index (χ0n) is 16.5. The van der Waals surface area contributed by atoms with Crippen molar-refractivity contribution < 1.29 is 14.3 Å². The lowest BCUT2D eigenvalue weighted by Crippen LogP contribution is -2.47. The van der Waals surface area contributed by atoms with Crippen molar-refractivity contribution >= 4 is 40.3 Å². The van der Waals surface area contributed by atoms with E-state index in [0.29, 0.717) is 30.9 Å². The van der Waals surface area contributed by atoms with Crippen molar-refractivity contribution in [2.45, 2.75) is 25.4 Å². The Morgan fingerprint density at radius 3 is 2.97 bits per heavy atom. The van der Waals surface area contributed by atoms with E-state index in [0.717, 1.165) is 22.0 Å². The number of thiazole rings is 1. The van der Waals surface area contributed by atoms with Crippen molar-refractivity contribution in [2.24, 2.45) is 0 Å². The van der Waals surface area contributed by atoms with Gasteiger partial charge in [-0.15, -0.1) is 22.7 Å².